The standard InChI is InChI=1S/C23H22ClN3O4S/c1-14-9-16(24)4-5-17(14)25-21(28)11-27-19-10-15(3-6-20(19)31-12-23(27)29)18-13-32-22(26-18)7-8-30-2/h3-6,9-10,13H,7-8,11-12H2,1-2H3,(H,25,28). The molecular formula is C23H22ClN3O4S. The second-order valence-corrected chi connectivity index (χ2v) is 8.71. The molecule has 166 valence electrons. The van der Waals surface area contributed by atoms with E-state index in [1.807, 2.05) is 24.4 Å². The molecule has 1 aliphatic heterocycles. The zero-order valence-electron chi connectivity index (χ0n) is 17.7. The highest BCUT2D eigenvalue weighted by molar-refractivity contribution is 7.09. The predicted octanol–water partition coefficient (Wildman–Crippen LogP) is 4.32. The first-order valence-electron chi connectivity index (χ1n) is 10.0. The summed E-state index contributed by atoms with van der Waals surface area (Å²) in [6.45, 7) is 2.22. The van der Waals surface area contributed by atoms with E-state index in [1.165, 1.54) is 4.90 Å². The Morgan fingerprint density at radius 2 is 2.16 bits per heavy atom. The van der Waals surface area contributed by atoms with Crippen LogP contribution in [0.15, 0.2) is 41.8 Å². The first-order valence-corrected chi connectivity index (χ1v) is 11.3. The van der Waals surface area contributed by atoms with Crippen LogP contribution >= 0.6 is 22.9 Å². The SMILES string of the molecule is COCCc1nc(-c2ccc3c(c2)N(CC(=O)Nc2ccc(Cl)cc2C)C(=O)CO3)cs1. The third-order valence-electron chi connectivity index (χ3n) is 5.03. The summed E-state index contributed by atoms with van der Waals surface area (Å²) in [5, 5.41) is 6.39. The Bertz CT molecular complexity index is 1160. The van der Waals surface area contributed by atoms with E-state index in [0.717, 1.165) is 28.2 Å². The van der Waals surface area contributed by atoms with E-state index >= 15 is 0 Å². The van der Waals surface area contributed by atoms with E-state index < -0.39 is 0 Å². The fourth-order valence-corrected chi connectivity index (χ4v) is 4.40. The summed E-state index contributed by atoms with van der Waals surface area (Å²) >= 11 is 7.55. The highest BCUT2D eigenvalue weighted by Gasteiger charge is 2.28. The van der Waals surface area contributed by atoms with Crippen molar-refractivity contribution in [2.75, 3.05) is 37.1 Å². The molecule has 0 unspecified atom stereocenters. The first kappa shape index (κ1) is 22.3. The van der Waals surface area contributed by atoms with Crippen LogP contribution in [0.4, 0.5) is 11.4 Å². The molecule has 2 amide bonds. The zero-order valence-corrected chi connectivity index (χ0v) is 19.3. The summed E-state index contributed by atoms with van der Waals surface area (Å²) < 4.78 is 10.7. The molecule has 1 aromatic heterocycles. The van der Waals surface area contributed by atoms with Gasteiger partial charge in [-0.05, 0) is 48.9 Å². The average molecular weight is 472 g/mol. The fourth-order valence-electron chi connectivity index (χ4n) is 3.38. The van der Waals surface area contributed by atoms with Crippen molar-refractivity contribution in [3.05, 3.63) is 57.4 Å². The van der Waals surface area contributed by atoms with Crippen LogP contribution in [-0.4, -0.2) is 43.7 Å². The van der Waals surface area contributed by atoms with E-state index in [9.17, 15) is 9.59 Å². The Morgan fingerprint density at radius 1 is 1.31 bits per heavy atom. The molecule has 2 aromatic carbocycles. The number of halogens is 1. The largest absolute Gasteiger partial charge is 0.482 e. The number of carbonyl (C=O) groups is 2. The Hall–Kier alpha value is -2.94. The Kier molecular flexibility index (Phi) is 6.74. The molecule has 9 heteroatoms. The highest BCUT2D eigenvalue weighted by atomic mass is 35.5. The summed E-state index contributed by atoms with van der Waals surface area (Å²) in [6.07, 6.45) is 0.740. The molecule has 0 saturated carbocycles. The van der Waals surface area contributed by atoms with Gasteiger partial charge >= 0.3 is 0 Å². The van der Waals surface area contributed by atoms with Crippen molar-refractivity contribution < 1.29 is 19.1 Å². The Labute approximate surface area is 194 Å². The Balaban J connectivity index is 1.55. The smallest absolute Gasteiger partial charge is 0.265 e. The molecule has 2 heterocycles. The van der Waals surface area contributed by atoms with Crippen LogP contribution in [0.2, 0.25) is 5.02 Å². The Morgan fingerprint density at radius 3 is 2.94 bits per heavy atom. The van der Waals surface area contributed by atoms with Gasteiger partial charge in [0, 0.05) is 35.2 Å². The number of fused-ring (bicyclic) bond motifs is 1. The maximum Gasteiger partial charge on any atom is 0.265 e. The second kappa shape index (κ2) is 9.68. The van der Waals surface area contributed by atoms with E-state index in [0.29, 0.717) is 28.8 Å². The van der Waals surface area contributed by atoms with Crippen LogP contribution < -0.4 is 15.0 Å². The number of thiazole rings is 1. The minimum Gasteiger partial charge on any atom is -0.482 e. The third-order valence-corrected chi connectivity index (χ3v) is 6.18. The number of amides is 2. The lowest BCUT2D eigenvalue weighted by atomic mass is 10.1. The second-order valence-electron chi connectivity index (χ2n) is 7.33. The quantitative estimate of drug-likeness (QED) is 0.555. The van der Waals surface area contributed by atoms with Gasteiger partial charge in [0.05, 0.1) is 23.0 Å². The van der Waals surface area contributed by atoms with Gasteiger partial charge in [0.2, 0.25) is 5.91 Å². The molecule has 0 fully saturated rings. The summed E-state index contributed by atoms with van der Waals surface area (Å²) in [4.78, 5) is 31.4. The monoisotopic (exact) mass is 471 g/mol. The van der Waals surface area contributed by atoms with Crippen LogP contribution in [0, 0.1) is 6.92 Å². The normalized spacial score (nSPS) is 13.0. The lowest BCUT2D eigenvalue weighted by molar-refractivity contribution is -0.123. The predicted molar refractivity (Wildman–Crippen MR) is 126 cm³/mol. The summed E-state index contributed by atoms with van der Waals surface area (Å²) in [7, 11) is 1.66. The third kappa shape index (κ3) is 4.93. The number of ether oxygens (including phenoxy) is 2. The number of aromatic nitrogens is 1. The summed E-state index contributed by atoms with van der Waals surface area (Å²) in [5.41, 5.74) is 3.70. The molecule has 0 atom stereocenters. The lowest BCUT2D eigenvalue weighted by Gasteiger charge is -2.29. The van der Waals surface area contributed by atoms with E-state index in [-0.39, 0.29) is 25.0 Å². The number of hydrogen-bond acceptors (Lipinski definition) is 6. The van der Waals surface area contributed by atoms with Crippen LogP contribution in [-0.2, 0) is 20.7 Å². The van der Waals surface area contributed by atoms with Crippen molar-refractivity contribution in [1.29, 1.82) is 0 Å². The van der Waals surface area contributed by atoms with Crippen molar-refractivity contribution in [2.45, 2.75) is 13.3 Å². The molecule has 0 saturated heterocycles. The van der Waals surface area contributed by atoms with Crippen LogP contribution in [0.3, 0.4) is 0 Å². The molecule has 0 bridgehead atoms. The van der Waals surface area contributed by atoms with Gasteiger partial charge in [-0.1, -0.05) is 11.6 Å². The van der Waals surface area contributed by atoms with Gasteiger partial charge < -0.3 is 14.8 Å². The van der Waals surface area contributed by atoms with Gasteiger partial charge in [-0.15, -0.1) is 11.3 Å². The molecule has 0 radical (unpaired) electrons. The maximum absolute atomic E-state index is 12.7. The average Bonchev–Trinajstić information content (AvgIpc) is 3.25. The van der Waals surface area contributed by atoms with Gasteiger partial charge in [0.15, 0.2) is 6.61 Å². The molecular weight excluding hydrogens is 450 g/mol. The minimum absolute atomic E-state index is 0.114. The van der Waals surface area contributed by atoms with Crippen molar-refractivity contribution in [2.24, 2.45) is 0 Å². The highest BCUT2D eigenvalue weighted by Crippen LogP contribution is 2.36. The number of methoxy groups -OCH3 is 1. The molecule has 1 N–H and O–H groups in total. The van der Waals surface area contributed by atoms with Crippen molar-refractivity contribution in [3.8, 4) is 17.0 Å². The summed E-state index contributed by atoms with van der Waals surface area (Å²) in [5.74, 6) is -0.0344. The van der Waals surface area contributed by atoms with Gasteiger partial charge in [-0.3, -0.25) is 14.5 Å². The molecule has 0 spiro atoms. The number of anilines is 2. The van der Waals surface area contributed by atoms with Crippen molar-refractivity contribution in [3.63, 3.8) is 0 Å². The van der Waals surface area contributed by atoms with Crippen LogP contribution in [0.1, 0.15) is 10.6 Å². The summed E-state index contributed by atoms with van der Waals surface area (Å²) in [6, 6.07) is 10.8. The van der Waals surface area contributed by atoms with Crippen LogP contribution in [0.5, 0.6) is 5.75 Å². The van der Waals surface area contributed by atoms with E-state index in [2.05, 4.69) is 10.3 Å². The van der Waals surface area contributed by atoms with E-state index in [4.69, 9.17) is 21.1 Å². The number of hydrogen-bond donors (Lipinski definition) is 1. The van der Waals surface area contributed by atoms with Crippen molar-refractivity contribution >= 4 is 46.1 Å². The van der Waals surface area contributed by atoms with Gasteiger partial charge in [-0.25, -0.2) is 4.98 Å². The molecule has 7 nitrogen and oxygen atoms in total. The van der Waals surface area contributed by atoms with Gasteiger partial charge in [0.1, 0.15) is 12.3 Å². The first-order chi connectivity index (χ1) is 15.4. The molecule has 4 rings (SSSR count). The number of nitrogens with one attached hydrogen (secondary N) is 1. The van der Waals surface area contributed by atoms with Gasteiger partial charge in [0.25, 0.3) is 5.91 Å². The molecule has 1 aliphatic rings. The molecule has 0 aliphatic carbocycles. The lowest BCUT2D eigenvalue weighted by Crippen LogP contribution is -2.43. The number of benzene rings is 2. The van der Waals surface area contributed by atoms with Crippen LogP contribution in [0.25, 0.3) is 11.3 Å². The number of rotatable bonds is 7. The number of aryl methyl sites for hydroxylation is 1. The van der Waals surface area contributed by atoms with E-state index in [1.54, 1.807) is 42.7 Å². The fraction of sp³-hybridized carbons (Fsp3) is 0.261. The van der Waals surface area contributed by atoms with Crippen molar-refractivity contribution in [1.82, 2.24) is 4.98 Å². The topological polar surface area (TPSA) is 80.8 Å². The minimum atomic E-state index is -0.308. The van der Waals surface area contributed by atoms with Gasteiger partial charge in [-0.2, -0.15) is 0 Å². The number of carbonyl (C=O) groups excluding carboxylic acids is 2. The zero-order chi connectivity index (χ0) is 22.7. The maximum atomic E-state index is 12.7. The number of nitrogens with zero attached hydrogens (tertiary/aromatic N) is 2. The molecule has 32 heavy (non-hydrogen) atoms. The molecule has 3 aromatic rings.